The zero-order valence-electron chi connectivity index (χ0n) is 17.2. The molecule has 4 rings (SSSR count). The maximum atomic E-state index is 12.3. The highest BCUT2D eigenvalue weighted by Gasteiger charge is 2.28. The topological polar surface area (TPSA) is 87.2 Å². The van der Waals surface area contributed by atoms with Crippen molar-refractivity contribution in [3.8, 4) is 11.3 Å². The average molecular weight is 528 g/mol. The lowest BCUT2D eigenvalue weighted by Gasteiger charge is -2.36. The largest absolute Gasteiger partial charge is 0.444 e. The number of aromatic amines is 1. The highest BCUT2D eigenvalue weighted by molar-refractivity contribution is 9.10. The summed E-state index contributed by atoms with van der Waals surface area (Å²) in [5.41, 5.74) is 1.90. The van der Waals surface area contributed by atoms with E-state index in [-0.39, 0.29) is 6.09 Å². The van der Waals surface area contributed by atoms with Crippen LogP contribution in [0.1, 0.15) is 20.8 Å². The molecule has 0 aliphatic carbocycles. The molecule has 1 fully saturated rings. The van der Waals surface area contributed by atoms with E-state index < -0.39 is 5.60 Å². The second kappa shape index (κ2) is 8.44. The van der Waals surface area contributed by atoms with Gasteiger partial charge in [0.1, 0.15) is 15.7 Å². The van der Waals surface area contributed by atoms with Crippen molar-refractivity contribution in [2.45, 2.75) is 26.4 Å². The van der Waals surface area contributed by atoms with Crippen LogP contribution in [-0.2, 0) is 4.74 Å². The molecule has 0 atom stereocenters. The molecule has 1 aromatic carbocycles. The summed E-state index contributed by atoms with van der Waals surface area (Å²) in [6, 6.07) is 5.39. The Morgan fingerprint density at radius 2 is 1.87 bits per heavy atom. The Morgan fingerprint density at radius 3 is 2.55 bits per heavy atom. The number of hydrogen-bond acceptors (Lipinski definition) is 6. The molecule has 1 aliphatic rings. The first kappa shape index (κ1) is 22.1. The number of rotatable bonds is 2. The van der Waals surface area contributed by atoms with Crippen LogP contribution in [0.15, 0.2) is 22.8 Å². The smallest absolute Gasteiger partial charge is 0.410 e. The van der Waals surface area contributed by atoms with Crippen LogP contribution in [0.2, 0.25) is 10.0 Å². The molecule has 1 saturated heterocycles. The van der Waals surface area contributed by atoms with E-state index in [1.807, 2.05) is 32.9 Å². The molecule has 1 N–H and O–H groups in total. The Bertz CT molecular complexity index is 1140. The molecule has 164 valence electrons. The Labute approximate surface area is 198 Å². The second-order valence-corrected chi connectivity index (χ2v) is 9.70. The summed E-state index contributed by atoms with van der Waals surface area (Å²) in [6.45, 7) is 7.86. The van der Waals surface area contributed by atoms with Gasteiger partial charge in [0.2, 0.25) is 5.65 Å². The number of hydrogen-bond donors (Lipinski definition) is 1. The molecular formula is C20H21BrCl2N6O2. The molecule has 11 heteroatoms. The Hall–Kier alpha value is -2.10. The number of piperazine rings is 1. The lowest BCUT2D eigenvalue weighted by atomic mass is 10.1. The van der Waals surface area contributed by atoms with Gasteiger partial charge in [0, 0.05) is 31.7 Å². The van der Waals surface area contributed by atoms with Crippen molar-refractivity contribution in [3.05, 3.63) is 32.8 Å². The van der Waals surface area contributed by atoms with Crippen LogP contribution in [-0.4, -0.2) is 62.9 Å². The van der Waals surface area contributed by atoms with E-state index in [9.17, 15) is 4.79 Å². The monoisotopic (exact) mass is 526 g/mol. The molecule has 0 unspecified atom stereocenters. The van der Waals surface area contributed by atoms with Crippen LogP contribution in [0.4, 0.5) is 10.6 Å². The third-order valence-electron chi connectivity index (χ3n) is 4.78. The number of amides is 1. The third-order valence-corrected chi connectivity index (χ3v) is 6.13. The van der Waals surface area contributed by atoms with Crippen molar-refractivity contribution < 1.29 is 9.53 Å². The first-order chi connectivity index (χ1) is 14.6. The van der Waals surface area contributed by atoms with Crippen LogP contribution < -0.4 is 4.90 Å². The van der Waals surface area contributed by atoms with E-state index in [0.717, 1.165) is 0 Å². The normalized spacial score (nSPS) is 14.9. The molecule has 0 bridgehead atoms. The summed E-state index contributed by atoms with van der Waals surface area (Å²) >= 11 is 16.1. The van der Waals surface area contributed by atoms with Gasteiger partial charge in [-0.1, -0.05) is 35.3 Å². The molecular weight excluding hydrogens is 507 g/mol. The van der Waals surface area contributed by atoms with Crippen LogP contribution in [0, 0.1) is 0 Å². The van der Waals surface area contributed by atoms with E-state index in [4.69, 9.17) is 27.9 Å². The molecule has 0 radical (unpaired) electrons. The summed E-state index contributed by atoms with van der Waals surface area (Å²) in [4.78, 5) is 25.4. The zero-order chi connectivity index (χ0) is 22.3. The minimum atomic E-state index is -0.517. The van der Waals surface area contributed by atoms with Gasteiger partial charge >= 0.3 is 6.09 Å². The molecule has 31 heavy (non-hydrogen) atoms. The van der Waals surface area contributed by atoms with E-state index >= 15 is 0 Å². The van der Waals surface area contributed by atoms with Crippen LogP contribution in [0.25, 0.3) is 22.4 Å². The van der Waals surface area contributed by atoms with Crippen LogP contribution >= 0.6 is 39.1 Å². The van der Waals surface area contributed by atoms with Crippen molar-refractivity contribution >= 4 is 62.2 Å². The van der Waals surface area contributed by atoms with Gasteiger partial charge in [-0.2, -0.15) is 5.10 Å². The molecule has 0 saturated carbocycles. The molecule has 1 aliphatic heterocycles. The first-order valence-electron chi connectivity index (χ1n) is 9.73. The predicted molar refractivity (Wildman–Crippen MR) is 125 cm³/mol. The summed E-state index contributed by atoms with van der Waals surface area (Å²) in [7, 11) is 0. The minimum absolute atomic E-state index is 0.303. The number of aromatic nitrogens is 4. The number of anilines is 1. The van der Waals surface area contributed by atoms with Crippen LogP contribution in [0.3, 0.4) is 0 Å². The highest BCUT2D eigenvalue weighted by atomic mass is 79.9. The summed E-state index contributed by atoms with van der Waals surface area (Å²) < 4.78 is 6.05. The van der Waals surface area contributed by atoms with E-state index in [2.05, 4.69) is 41.0 Å². The maximum Gasteiger partial charge on any atom is 0.410 e. The number of nitrogens with zero attached hydrogens (tertiary/aromatic N) is 5. The van der Waals surface area contributed by atoms with Gasteiger partial charge < -0.3 is 14.5 Å². The van der Waals surface area contributed by atoms with Crippen molar-refractivity contribution in [2.75, 3.05) is 31.1 Å². The fraction of sp³-hybridized carbons (Fsp3) is 0.400. The number of H-pyrrole nitrogens is 1. The van der Waals surface area contributed by atoms with E-state index in [1.165, 1.54) is 0 Å². The van der Waals surface area contributed by atoms with Crippen molar-refractivity contribution in [2.24, 2.45) is 0 Å². The van der Waals surface area contributed by atoms with Crippen molar-refractivity contribution in [3.63, 3.8) is 0 Å². The minimum Gasteiger partial charge on any atom is -0.444 e. The van der Waals surface area contributed by atoms with Gasteiger partial charge in [-0.05, 0) is 42.8 Å². The van der Waals surface area contributed by atoms with Crippen molar-refractivity contribution in [1.82, 2.24) is 25.1 Å². The Morgan fingerprint density at radius 1 is 1.16 bits per heavy atom. The summed E-state index contributed by atoms with van der Waals surface area (Å²) in [6.07, 6.45) is -0.303. The predicted octanol–water partition coefficient (Wildman–Crippen LogP) is 5.15. The zero-order valence-corrected chi connectivity index (χ0v) is 20.3. The number of fused-ring (bicyclic) bond motifs is 1. The lowest BCUT2D eigenvalue weighted by molar-refractivity contribution is 0.0240. The quantitative estimate of drug-likeness (QED) is 0.496. The number of carbonyl (C=O) groups is 1. The number of benzene rings is 1. The SMILES string of the molecule is CC(C)(C)OC(=O)N1CCN(c2nc3n[nH]c(-c4cccc(Cl)c4Cl)c3nc2Br)CC1. The fourth-order valence-corrected chi connectivity index (χ4v) is 4.23. The highest BCUT2D eigenvalue weighted by Crippen LogP contribution is 2.36. The van der Waals surface area contributed by atoms with E-state index in [0.29, 0.717) is 69.1 Å². The third kappa shape index (κ3) is 4.58. The molecule has 1 amide bonds. The Kier molecular flexibility index (Phi) is 6.02. The Balaban J connectivity index is 1.56. The standard InChI is InChI=1S/C20H21BrCl2N6O2/c1-20(2,3)31-19(30)29-9-7-28(8-10-29)18-16(21)24-15-14(26-27-17(15)25-18)11-5-4-6-12(22)13(11)23/h4-6H,7-10H2,1-3H3,(H,25,26,27). The molecule has 3 heterocycles. The van der Waals surface area contributed by atoms with Gasteiger partial charge in [0.05, 0.1) is 15.7 Å². The second-order valence-electron chi connectivity index (χ2n) is 8.16. The van der Waals surface area contributed by atoms with Crippen LogP contribution in [0.5, 0.6) is 0 Å². The molecule has 3 aromatic rings. The summed E-state index contributed by atoms with van der Waals surface area (Å²) in [5.74, 6) is 0.673. The molecule has 2 aromatic heterocycles. The van der Waals surface area contributed by atoms with Gasteiger partial charge in [-0.15, -0.1) is 0 Å². The summed E-state index contributed by atoms with van der Waals surface area (Å²) in [5, 5.41) is 8.16. The molecule has 8 nitrogen and oxygen atoms in total. The van der Waals surface area contributed by atoms with Gasteiger partial charge in [-0.3, -0.25) is 5.10 Å². The number of ether oxygens (including phenoxy) is 1. The number of carbonyl (C=O) groups excluding carboxylic acids is 1. The fourth-order valence-electron chi connectivity index (χ4n) is 3.32. The van der Waals surface area contributed by atoms with E-state index in [1.54, 1.807) is 11.0 Å². The lowest BCUT2D eigenvalue weighted by Crippen LogP contribution is -2.50. The average Bonchev–Trinajstić information content (AvgIpc) is 3.11. The van der Waals surface area contributed by atoms with Gasteiger partial charge in [-0.25, -0.2) is 14.8 Å². The number of halogens is 3. The van der Waals surface area contributed by atoms with Gasteiger partial charge in [0.15, 0.2) is 5.82 Å². The molecule has 0 spiro atoms. The van der Waals surface area contributed by atoms with Crippen molar-refractivity contribution in [1.29, 1.82) is 0 Å². The maximum absolute atomic E-state index is 12.3. The first-order valence-corrected chi connectivity index (χ1v) is 11.3. The van der Waals surface area contributed by atoms with Gasteiger partial charge in [0.25, 0.3) is 0 Å². The number of nitrogens with one attached hydrogen (secondary N) is 1.